The maximum absolute atomic E-state index is 5.65. The van der Waals surface area contributed by atoms with E-state index in [0.29, 0.717) is 0 Å². The van der Waals surface area contributed by atoms with Gasteiger partial charge in [-0.1, -0.05) is 6.07 Å². The Hall–Kier alpha value is -0.870. The van der Waals surface area contributed by atoms with Gasteiger partial charge in [0.1, 0.15) is 11.5 Å². The highest BCUT2D eigenvalue weighted by Crippen LogP contribution is 2.34. The molecule has 0 unspecified atom stereocenters. The van der Waals surface area contributed by atoms with Gasteiger partial charge in [-0.2, -0.15) is 0 Å². The molecule has 0 fully saturated rings. The Balaban J connectivity index is 2.29. The van der Waals surface area contributed by atoms with Crippen molar-refractivity contribution in [2.75, 3.05) is 0 Å². The Kier molecular flexibility index (Phi) is 3.38. The maximum Gasteiger partial charge on any atom is 0.145 e. The topological polar surface area (TPSA) is 22.1 Å². The van der Waals surface area contributed by atoms with Crippen molar-refractivity contribution in [3.8, 4) is 11.5 Å². The molecule has 0 saturated heterocycles. The molecule has 1 heterocycles. The lowest BCUT2D eigenvalue weighted by molar-refractivity contribution is 0.477. The van der Waals surface area contributed by atoms with Crippen LogP contribution in [0.25, 0.3) is 0 Å². The third-order valence-corrected chi connectivity index (χ3v) is 3.79. The fraction of sp³-hybridized carbons (Fsp3) is 0. The standard InChI is InChI=1S/C11H7Br2NO/c12-9-4-1-5-10(11(9)13)15-8-3-2-6-14-7-8/h1-7H. The smallest absolute Gasteiger partial charge is 0.145 e. The molecule has 2 aromatic rings. The van der Waals surface area contributed by atoms with Gasteiger partial charge in [-0.15, -0.1) is 0 Å². The van der Waals surface area contributed by atoms with E-state index in [1.165, 1.54) is 0 Å². The third-order valence-electron chi connectivity index (χ3n) is 1.78. The Morgan fingerprint density at radius 2 is 1.93 bits per heavy atom. The predicted molar refractivity (Wildman–Crippen MR) is 66.2 cm³/mol. The number of rotatable bonds is 2. The zero-order valence-electron chi connectivity index (χ0n) is 7.65. The first-order valence-electron chi connectivity index (χ1n) is 4.29. The number of aromatic nitrogens is 1. The molecule has 0 amide bonds. The summed E-state index contributed by atoms with van der Waals surface area (Å²) in [6.45, 7) is 0. The molecule has 0 atom stereocenters. The summed E-state index contributed by atoms with van der Waals surface area (Å²) >= 11 is 6.86. The van der Waals surface area contributed by atoms with Crippen LogP contribution in [0.1, 0.15) is 0 Å². The lowest BCUT2D eigenvalue weighted by Gasteiger charge is -2.07. The van der Waals surface area contributed by atoms with E-state index >= 15 is 0 Å². The van der Waals surface area contributed by atoms with Gasteiger partial charge in [-0.3, -0.25) is 4.98 Å². The summed E-state index contributed by atoms with van der Waals surface area (Å²) in [6.07, 6.45) is 3.39. The van der Waals surface area contributed by atoms with Crippen LogP contribution in [0.3, 0.4) is 0 Å². The van der Waals surface area contributed by atoms with Crippen molar-refractivity contribution in [2.45, 2.75) is 0 Å². The minimum absolute atomic E-state index is 0.719. The zero-order valence-corrected chi connectivity index (χ0v) is 10.8. The van der Waals surface area contributed by atoms with Crippen molar-refractivity contribution in [3.63, 3.8) is 0 Å². The second-order valence-corrected chi connectivity index (χ2v) is 4.49. The molecule has 0 N–H and O–H groups in total. The van der Waals surface area contributed by atoms with Crippen molar-refractivity contribution < 1.29 is 4.74 Å². The van der Waals surface area contributed by atoms with E-state index in [4.69, 9.17) is 4.74 Å². The summed E-state index contributed by atoms with van der Waals surface area (Å²) in [5, 5.41) is 0. The molecule has 1 aromatic carbocycles. The van der Waals surface area contributed by atoms with Crippen LogP contribution in [-0.2, 0) is 0 Å². The molecule has 2 rings (SSSR count). The highest BCUT2D eigenvalue weighted by molar-refractivity contribution is 9.13. The normalized spacial score (nSPS) is 10.0. The summed E-state index contributed by atoms with van der Waals surface area (Å²) in [5.74, 6) is 1.48. The average Bonchev–Trinajstić information content (AvgIpc) is 2.26. The summed E-state index contributed by atoms with van der Waals surface area (Å²) in [5.41, 5.74) is 0. The third kappa shape index (κ3) is 2.58. The van der Waals surface area contributed by atoms with E-state index in [2.05, 4.69) is 36.8 Å². The summed E-state index contributed by atoms with van der Waals surface area (Å²) in [4.78, 5) is 3.98. The van der Waals surface area contributed by atoms with Gasteiger partial charge in [-0.05, 0) is 56.1 Å². The van der Waals surface area contributed by atoms with Crippen LogP contribution >= 0.6 is 31.9 Å². The quantitative estimate of drug-likeness (QED) is 0.815. The van der Waals surface area contributed by atoms with Crippen LogP contribution < -0.4 is 4.74 Å². The number of hydrogen-bond acceptors (Lipinski definition) is 2. The van der Waals surface area contributed by atoms with Crippen LogP contribution in [0.2, 0.25) is 0 Å². The molecule has 2 nitrogen and oxygen atoms in total. The van der Waals surface area contributed by atoms with Crippen LogP contribution in [-0.4, -0.2) is 4.98 Å². The molecule has 4 heteroatoms. The molecule has 76 valence electrons. The van der Waals surface area contributed by atoms with E-state index in [0.717, 1.165) is 20.4 Å². The van der Waals surface area contributed by atoms with Crippen molar-refractivity contribution in [1.29, 1.82) is 0 Å². The average molecular weight is 329 g/mol. The fourth-order valence-corrected chi connectivity index (χ4v) is 1.79. The van der Waals surface area contributed by atoms with Crippen molar-refractivity contribution >= 4 is 31.9 Å². The van der Waals surface area contributed by atoms with Gasteiger partial charge in [0.15, 0.2) is 0 Å². The number of pyridine rings is 1. The molecule has 0 aliphatic heterocycles. The number of hydrogen-bond donors (Lipinski definition) is 0. The van der Waals surface area contributed by atoms with Crippen molar-refractivity contribution in [1.82, 2.24) is 4.98 Å². The SMILES string of the molecule is Brc1cccc(Oc2cccnc2)c1Br. The van der Waals surface area contributed by atoms with Gasteiger partial charge in [0.05, 0.1) is 10.7 Å². The first-order chi connectivity index (χ1) is 7.27. The first kappa shape index (κ1) is 10.6. The highest BCUT2D eigenvalue weighted by atomic mass is 79.9. The molecule has 0 radical (unpaired) electrons. The molecule has 0 aliphatic rings. The lowest BCUT2D eigenvalue weighted by Crippen LogP contribution is -1.86. The monoisotopic (exact) mass is 327 g/mol. The molecule has 1 aromatic heterocycles. The molecule has 0 aliphatic carbocycles. The van der Waals surface area contributed by atoms with Gasteiger partial charge in [0.2, 0.25) is 0 Å². The maximum atomic E-state index is 5.65. The molecular weight excluding hydrogens is 322 g/mol. The number of nitrogens with zero attached hydrogens (tertiary/aromatic N) is 1. The molecule has 0 spiro atoms. The zero-order chi connectivity index (χ0) is 10.7. The Labute approximate surface area is 105 Å². The lowest BCUT2D eigenvalue weighted by atomic mass is 10.3. The Morgan fingerprint density at radius 3 is 2.67 bits per heavy atom. The van der Waals surface area contributed by atoms with Crippen LogP contribution in [0.4, 0.5) is 0 Å². The van der Waals surface area contributed by atoms with E-state index in [-0.39, 0.29) is 0 Å². The van der Waals surface area contributed by atoms with Crippen molar-refractivity contribution in [3.05, 3.63) is 51.7 Å². The van der Waals surface area contributed by atoms with Gasteiger partial charge >= 0.3 is 0 Å². The summed E-state index contributed by atoms with van der Waals surface area (Å²) in [7, 11) is 0. The second-order valence-electron chi connectivity index (χ2n) is 2.84. The van der Waals surface area contributed by atoms with Crippen LogP contribution in [0.15, 0.2) is 51.7 Å². The van der Waals surface area contributed by atoms with E-state index in [1.807, 2.05) is 30.3 Å². The largest absolute Gasteiger partial charge is 0.455 e. The number of benzene rings is 1. The minimum Gasteiger partial charge on any atom is -0.455 e. The highest BCUT2D eigenvalue weighted by Gasteiger charge is 2.05. The van der Waals surface area contributed by atoms with E-state index < -0.39 is 0 Å². The Morgan fingerprint density at radius 1 is 1.07 bits per heavy atom. The van der Waals surface area contributed by atoms with Crippen molar-refractivity contribution in [2.24, 2.45) is 0 Å². The van der Waals surface area contributed by atoms with Gasteiger partial charge in [0.25, 0.3) is 0 Å². The molecule has 0 saturated carbocycles. The van der Waals surface area contributed by atoms with Crippen LogP contribution in [0.5, 0.6) is 11.5 Å². The predicted octanol–water partition coefficient (Wildman–Crippen LogP) is 4.40. The fourth-order valence-electron chi connectivity index (χ4n) is 1.10. The number of ether oxygens (including phenoxy) is 1. The van der Waals surface area contributed by atoms with Gasteiger partial charge in [-0.25, -0.2) is 0 Å². The van der Waals surface area contributed by atoms with Crippen LogP contribution in [0, 0.1) is 0 Å². The minimum atomic E-state index is 0.719. The second kappa shape index (κ2) is 4.77. The van der Waals surface area contributed by atoms with E-state index in [1.54, 1.807) is 12.4 Å². The molecule has 15 heavy (non-hydrogen) atoms. The first-order valence-corrected chi connectivity index (χ1v) is 5.88. The Bertz CT molecular complexity index is 459. The molecular formula is C11H7Br2NO. The number of halogens is 2. The van der Waals surface area contributed by atoms with Gasteiger partial charge in [0, 0.05) is 10.7 Å². The molecule has 0 bridgehead atoms. The van der Waals surface area contributed by atoms with E-state index in [9.17, 15) is 0 Å². The summed E-state index contributed by atoms with van der Waals surface area (Å²) in [6, 6.07) is 9.45. The summed E-state index contributed by atoms with van der Waals surface area (Å²) < 4.78 is 7.51. The van der Waals surface area contributed by atoms with Gasteiger partial charge < -0.3 is 4.74 Å².